The van der Waals surface area contributed by atoms with Gasteiger partial charge < -0.3 is 10.6 Å². The summed E-state index contributed by atoms with van der Waals surface area (Å²) in [7, 11) is 0. The Hall–Kier alpha value is -1.35. The number of fused-ring (bicyclic) bond motifs is 1. The lowest BCUT2D eigenvalue weighted by molar-refractivity contribution is -0.122. The van der Waals surface area contributed by atoms with Crippen molar-refractivity contribution < 1.29 is 4.79 Å². The SMILES string of the molecule is CCC(C)C(=O)N1CC(N)Cc2ccccc21. The molecule has 1 amide bonds. The normalized spacial score (nSPS) is 20.9. The van der Waals surface area contributed by atoms with Gasteiger partial charge in [-0.3, -0.25) is 4.79 Å². The molecule has 0 bridgehead atoms. The minimum Gasteiger partial charge on any atom is -0.326 e. The molecular formula is C14H20N2O. The van der Waals surface area contributed by atoms with Crippen molar-refractivity contribution in [3.8, 4) is 0 Å². The second kappa shape index (κ2) is 4.88. The van der Waals surface area contributed by atoms with Gasteiger partial charge in [0.05, 0.1) is 0 Å². The lowest BCUT2D eigenvalue weighted by Crippen LogP contribution is -2.47. The fourth-order valence-corrected chi connectivity index (χ4v) is 2.28. The second-order valence-corrected chi connectivity index (χ2v) is 4.85. The molecule has 2 N–H and O–H groups in total. The molecule has 0 fully saturated rings. The predicted octanol–water partition coefficient (Wildman–Crippen LogP) is 1.95. The first kappa shape index (κ1) is 12.1. The molecule has 17 heavy (non-hydrogen) atoms. The minimum absolute atomic E-state index is 0.0536. The molecule has 0 aliphatic carbocycles. The average Bonchev–Trinajstić information content (AvgIpc) is 2.35. The van der Waals surface area contributed by atoms with E-state index in [0.29, 0.717) is 6.54 Å². The molecule has 0 spiro atoms. The van der Waals surface area contributed by atoms with Crippen LogP contribution in [0.1, 0.15) is 25.8 Å². The molecular weight excluding hydrogens is 212 g/mol. The molecule has 3 heteroatoms. The molecule has 0 saturated heterocycles. The first-order valence-corrected chi connectivity index (χ1v) is 6.28. The molecule has 1 aromatic rings. The number of nitrogens with two attached hydrogens (primary N) is 1. The van der Waals surface area contributed by atoms with Gasteiger partial charge in [-0.25, -0.2) is 0 Å². The molecule has 1 aromatic carbocycles. The second-order valence-electron chi connectivity index (χ2n) is 4.85. The van der Waals surface area contributed by atoms with E-state index in [-0.39, 0.29) is 17.9 Å². The highest BCUT2D eigenvalue weighted by Gasteiger charge is 2.28. The molecule has 0 radical (unpaired) electrons. The number of carbonyl (C=O) groups excluding carboxylic acids is 1. The number of hydrogen-bond donors (Lipinski definition) is 1. The monoisotopic (exact) mass is 232 g/mol. The fraction of sp³-hybridized carbons (Fsp3) is 0.500. The first-order valence-electron chi connectivity index (χ1n) is 6.28. The van der Waals surface area contributed by atoms with E-state index in [1.165, 1.54) is 5.56 Å². The number of nitrogens with zero attached hydrogens (tertiary/aromatic N) is 1. The van der Waals surface area contributed by atoms with Crippen LogP contribution in [0, 0.1) is 5.92 Å². The van der Waals surface area contributed by atoms with Crippen LogP contribution in [0.5, 0.6) is 0 Å². The summed E-state index contributed by atoms with van der Waals surface area (Å²) in [6.07, 6.45) is 1.73. The summed E-state index contributed by atoms with van der Waals surface area (Å²) in [5.74, 6) is 0.253. The zero-order valence-electron chi connectivity index (χ0n) is 10.5. The quantitative estimate of drug-likeness (QED) is 0.847. The van der Waals surface area contributed by atoms with E-state index < -0.39 is 0 Å². The minimum atomic E-state index is 0.0536. The molecule has 3 nitrogen and oxygen atoms in total. The Labute approximate surface area is 103 Å². The highest BCUT2D eigenvalue weighted by molar-refractivity contribution is 5.96. The van der Waals surface area contributed by atoms with Gasteiger partial charge in [0.25, 0.3) is 0 Å². The van der Waals surface area contributed by atoms with Gasteiger partial charge in [0.15, 0.2) is 0 Å². The number of hydrogen-bond acceptors (Lipinski definition) is 2. The van der Waals surface area contributed by atoms with Crippen molar-refractivity contribution in [2.75, 3.05) is 11.4 Å². The maximum Gasteiger partial charge on any atom is 0.229 e. The third-order valence-electron chi connectivity index (χ3n) is 3.48. The van der Waals surface area contributed by atoms with E-state index in [2.05, 4.69) is 6.07 Å². The van der Waals surface area contributed by atoms with Gasteiger partial charge in [0.1, 0.15) is 0 Å². The van der Waals surface area contributed by atoms with E-state index in [9.17, 15) is 4.79 Å². The molecule has 2 atom stereocenters. The molecule has 2 rings (SSSR count). The van der Waals surface area contributed by atoms with Gasteiger partial charge in [-0.05, 0) is 24.5 Å². The van der Waals surface area contributed by atoms with Crippen LogP contribution in [0.2, 0.25) is 0 Å². The molecule has 1 aliphatic rings. The summed E-state index contributed by atoms with van der Waals surface area (Å²) in [5, 5.41) is 0. The molecule has 0 saturated carbocycles. The van der Waals surface area contributed by atoms with Crippen LogP contribution in [-0.2, 0) is 11.2 Å². The predicted molar refractivity (Wildman–Crippen MR) is 69.9 cm³/mol. The topological polar surface area (TPSA) is 46.3 Å². The summed E-state index contributed by atoms with van der Waals surface area (Å²) < 4.78 is 0. The van der Waals surface area contributed by atoms with Gasteiger partial charge in [0.2, 0.25) is 5.91 Å². The summed E-state index contributed by atoms with van der Waals surface area (Å²) in [4.78, 5) is 14.2. The van der Waals surface area contributed by atoms with Gasteiger partial charge in [-0.15, -0.1) is 0 Å². The Balaban J connectivity index is 2.32. The van der Waals surface area contributed by atoms with Crippen molar-refractivity contribution in [2.24, 2.45) is 11.7 Å². The number of benzene rings is 1. The number of anilines is 1. The van der Waals surface area contributed by atoms with Gasteiger partial charge in [0, 0.05) is 24.2 Å². The molecule has 2 unspecified atom stereocenters. The van der Waals surface area contributed by atoms with E-state index in [0.717, 1.165) is 18.5 Å². The van der Waals surface area contributed by atoms with Crippen LogP contribution in [-0.4, -0.2) is 18.5 Å². The van der Waals surface area contributed by atoms with Crippen LogP contribution in [0.4, 0.5) is 5.69 Å². The van der Waals surface area contributed by atoms with Crippen LogP contribution >= 0.6 is 0 Å². The Morgan fingerprint density at radius 1 is 1.53 bits per heavy atom. The largest absolute Gasteiger partial charge is 0.326 e. The van der Waals surface area contributed by atoms with Crippen molar-refractivity contribution in [3.63, 3.8) is 0 Å². The van der Waals surface area contributed by atoms with Gasteiger partial charge >= 0.3 is 0 Å². The smallest absolute Gasteiger partial charge is 0.229 e. The van der Waals surface area contributed by atoms with E-state index >= 15 is 0 Å². The third kappa shape index (κ3) is 2.34. The lowest BCUT2D eigenvalue weighted by atomic mass is 9.96. The van der Waals surface area contributed by atoms with Crippen molar-refractivity contribution in [2.45, 2.75) is 32.7 Å². The van der Waals surface area contributed by atoms with Crippen molar-refractivity contribution in [3.05, 3.63) is 29.8 Å². The summed E-state index contributed by atoms with van der Waals surface area (Å²) in [5.41, 5.74) is 8.25. The first-order chi connectivity index (χ1) is 8.13. The van der Waals surface area contributed by atoms with E-state index in [1.54, 1.807) is 0 Å². The molecule has 0 aromatic heterocycles. The maximum atomic E-state index is 12.3. The Morgan fingerprint density at radius 3 is 2.94 bits per heavy atom. The highest BCUT2D eigenvalue weighted by Crippen LogP contribution is 2.27. The molecule has 92 valence electrons. The van der Waals surface area contributed by atoms with Gasteiger partial charge in [-0.2, -0.15) is 0 Å². The van der Waals surface area contributed by atoms with Crippen molar-refractivity contribution in [1.82, 2.24) is 0 Å². The lowest BCUT2D eigenvalue weighted by Gasteiger charge is -2.34. The standard InChI is InChI=1S/C14H20N2O/c1-3-10(2)14(17)16-9-12(15)8-11-6-4-5-7-13(11)16/h4-7,10,12H,3,8-9,15H2,1-2H3. The fourth-order valence-electron chi connectivity index (χ4n) is 2.28. The molecule has 1 aliphatic heterocycles. The summed E-state index contributed by atoms with van der Waals surface area (Å²) >= 11 is 0. The van der Waals surface area contributed by atoms with Crippen LogP contribution in [0.15, 0.2) is 24.3 Å². The number of amides is 1. The van der Waals surface area contributed by atoms with E-state index in [4.69, 9.17) is 5.73 Å². The maximum absolute atomic E-state index is 12.3. The zero-order chi connectivity index (χ0) is 12.4. The van der Waals surface area contributed by atoms with Crippen molar-refractivity contribution in [1.29, 1.82) is 0 Å². The number of para-hydroxylation sites is 1. The summed E-state index contributed by atoms with van der Waals surface area (Å²) in [6, 6.07) is 8.11. The Morgan fingerprint density at radius 2 is 2.24 bits per heavy atom. The van der Waals surface area contributed by atoms with E-state index in [1.807, 2.05) is 36.9 Å². The third-order valence-corrected chi connectivity index (χ3v) is 3.48. The van der Waals surface area contributed by atoms with Crippen molar-refractivity contribution >= 4 is 11.6 Å². The molecule has 1 heterocycles. The van der Waals surface area contributed by atoms with Crippen LogP contribution in [0.25, 0.3) is 0 Å². The Bertz CT molecular complexity index is 416. The van der Waals surface area contributed by atoms with Crippen LogP contribution < -0.4 is 10.6 Å². The summed E-state index contributed by atoms with van der Waals surface area (Å²) in [6.45, 7) is 4.66. The number of carbonyl (C=O) groups is 1. The Kier molecular flexibility index (Phi) is 3.48. The zero-order valence-corrected chi connectivity index (χ0v) is 10.5. The van der Waals surface area contributed by atoms with Gasteiger partial charge in [-0.1, -0.05) is 32.0 Å². The average molecular weight is 232 g/mol. The number of rotatable bonds is 2. The van der Waals surface area contributed by atoms with Crippen LogP contribution in [0.3, 0.4) is 0 Å². The highest BCUT2D eigenvalue weighted by atomic mass is 16.2.